The van der Waals surface area contributed by atoms with Crippen molar-refractivity contribution >= 4 is 17.4 Å². The molecule has 0 aliphatic rings. The lowest BCUT2D eigenvalue weighted by Gasteiger charge is -2.06. The zero-order valence-corrected chi connectivity index (χ0v) is 11.4. The first-order valence-corrected chi connectivity index (χ1v) is 6.42. The summed E-state index contributed by atoms with van der Waals surface area (Å²) >= 11 is 6.01. The van der Waals surface area contributed by atoms with Crippen LogP contribution in [0.15, 0.2) is 47.0 Å². The minimum atomic E-state index is -0.601. The Labute approximate surface area is 123 Å². The highest BCUT2D eigenvalue weighted by Gasteiger charge is 2.24. The fourth-order valence-corrected chi connectivity index (χ4v) is 2.36. The first-order valence-electron chi connectivity index (χ1n) is 6.04. The summed E-state index contributed by atoms with van der Waals surface area (Å²) < 4.78 is 33.1. The molecule has 2 N–H and O–H groups in total. The van der Waals surface area contributed by atoms with E-state index in [-0.39, 0.29) is 33.3 Å². The summed E-state index contributed by atoms with van der Waals surface area (Å²) in [6.07, 6.45) is 0. The van der Waals surface area contributed by atoms with Gasteiger partial charge in [0.2, 0.25) is 0 Å². The normalized spacial score (nSPS) is 10.8. The average molecular weight is 307 g/mol. The Kier molecular flexibility index (Phi) is 3.35. The first-order chi connectivity index (χ1) is 10.1. The van der Waals surface area contributed by atoms with Crippen molar-refractivity contribution in [1.82, 2.24) is 5.16 Å². The summed E-state index contributed by atoms with van der Waals surface area (Å²) in [7, 11) is 0. The van der Waals surface area contributed by atoms with E-state index in [4.69, 9.17) is 21.9 Å². The second kappa shape index (κ2) is 5.18. The Hall–Kier alpha value is -2.40. The zero-order chi connectivity index (χ0) is 15.0. The van der Waals surface area contributed by atoms with Gasteiger partial charge < -0.3 is 10.3 Å². The van der Waals surface area contributed by atoms with Crippen molar-refractivity contribution in [3.8, 4) is 22.5 Å². The smallest absolute Gasteiger partial charge is 0.181 e. The topological polar surface area (TPSA) is 52.0 Å². The predicted octanol–water partition coefficient (Wildman–Crippen LogP) is 4.52. The van der Waals surface area contributed by atoms with E-state index in [1.165, 1.54) is 36.4 Å². The van der Waals surface area contributed by atoms with Gasteiger partial charge in [0.25, 0.3) is 0 Å². The molecular weight excluding hydrogens is 298 g/mol. The number of anilines is 1. The lowest BCUT2D eigenvalue weighted by Crippen LogP contribution is -1.93. The molecule has 3 aromatic rings. The average Bonchev–Trinajstić information content (AvgIpc) is 2.81. The lowest BCUT2D eigenvalue weighted by atomic mass is 10.0. The molecule has 0 spiro atoms. The molecular formula is C15H9ClF2N2O. The number of rotatable bonds is 2. The van der Waals surface area contributed by atoms with E-state index < -0.39 is 11.6 Å². The second-order valence-corrected chi connectivity index (χ2v) is 4.76. The Morgan fingerprint density at radius 3 is 2.38 bits per heavy atom. The van der Waals surface area contributed by atoms with Gasteiger partial charge in [0.1, 0.15) is 11.6 Å². The van der Waals surface area contributed by atoms with Crippen LogP contribution in [-0.4, -0.2) is 5.16 Å². The molecule has 0 saturated heterocycles. The number of hydrogen-bond acceptors (Lipinski definition) is 3. The Bertz CT molecular complexity index is 797. The number of nitrogens with zero attached hydrogens (tertiary/aromatic N) is 1. The molecule has 21 heavy (non-hydrogen) atoms. The van der Waals surface area contributed by atoms with Crippen LogP contribution in [0, 0.1) is 11.6 Å². The summed E-state index contributed by atoms with van der Waals surface area (Å²) in [4.78, 5) is 0. The fourth-order valence-electron chi connectivity index (χ4n) is 2.11. The summed E-state index contributed by atoms with van der Waals surface area (Å²) in [5.41, 5.74) is 6.10. The Morgan fingerprint density at radius 1 is 0.952 bits per heavy atom. The maximum Gasteiger partial charge on any atom is 0.181 e. The van der Waals surface area contributed by atoms with E-state index in [0.29, 0.717) is 0 Å². The number of nitrogens with two attached hydrogens (primary N) is 1. The molecule has 0 amide bonds. The van der Waals surface area contributed by atoms with E-state index in [1.807, 2.05) is 0 Å². The molecule has 0 saturated carbocycles. The van der Waals surface area contributed by atoms with Crippen molar-refractivity contribution in [3.05, 3.63) is 59.1 Å². The van der Waals surface area contributed by atoms with Crippen LogP contribution in [0.2, 0.25) is 5.02 Å². The van der Waals surface area contributed by atoms with Crippen molar-refractivity contribution in [2.75, 3.05) is 5.73 Å². The number of aromatic nitrogens is 1. The largest absolute Gasteiger partial charge is 0.380 e. The number of halogens is 3. The van der Waals surface area contributed by atoms with Crippen molar-refractivity contribution < 1.29 is 13.3 Å². The summed E-state index contributed by atoms with van der Waals surface area (Å²) in [5.74, 6) is -1.15. The molecule has 0 radical (unpaired) electrons. The molecule has 1 aromatic heterocycles. The molecule has 2 aromatic carbocycles. The van der Waals surface area contributed by atoms with Crippen LogP contribution >= 0.6 is 11.6 Å². The number of nitrogen functional groups attached to an aromatic ring is 1. The molecule has 6 heteroatoms. The third-order valence-corrected chi connectivity index (χ3v) is 3.37. The Balaban J connectivity index is 2.31. The fraction of sp³-hybridized carbons (Fsp3) is 0. The molecule has 3 nitrogen and oxygen atoms in total. The van der Waals surface area contributed by atoms with E-state index >= 15 is 0 Å². The van der Waals surface area contributed by atoms with Crippen molar-refractivity contribution in [2.24, 2.45) is 0 Å². The predicted molar refractivity (Wildman–Crippen MR) is 76.7 cm³/mol. The molecule has 3 rings (SSSR count). The second-order valence-electron chi connectivity index (χ2n) is 4.35. The Morgan fingerprint density at radius 2 is 1.67 bits per heavy atom. The minimum Gasteiger partial charge on any atom is -0.380 e. The minimum absolute atomic E-state index is 0.000648. The molecule has 1 heterocycles. The van der Waals surface area contributed by atoms with Crippen molar-refractivity contribution in [1.29, 1.82) is 0 Å². The molecule has 0 bridgehead atoms. The van der Waals surface area contributed by atoms with Crippen LogP contribution in [0.1, 0.15) is 0 Å². The van der Waals surface area contributed by atoms with Gasteiger partial charge in [0.05, 0.1) is 16.1 Å². The van der Waals surface area contributed by atoms with Crippen LogP contribution < -0.4 is 5.73 Å². The van der Waals surface area contributed by atoms with Crippen LogP contribution in [0.5, 0.6) is 0 Å². The van der Waals surface area contributed by atoms with Gasteiger partial charge in [0.15, 0.2) is 11.6 Å². The van der Waals surface area contributed by atoms with Gasteiger partial charge in [-0.3, -0.25) is 0 Å². The zero-order valence-electron chi connectivity index (χ0n) is 10.6. The molecule has 0 fully saturated rings. The third-order valence-electron chi connectivity index (χ3n) is 3.05. The highest BCUT2D eigenvalue weighted by molar-refractivity contribution is 6.33. The van der Waals surface area contributed by atoms with Crippen LogP contribution in [0.25, 0.3) is 22.5 Å². The van der Waals surface area contributed by atoms with E-state index in [0.717, 1.165) is 0 Å². The molecule has 0 aliphatic carbocycles. The summed E-state index contributed by atoms with van der Waals surface area (Å²) in [6, 6.07) is 10.2. The van der Waals surface area contributed by atoms with E-state index in [9.17, 15) is 8.78 Å². The monoisotopic (exact) mass is 306 g/mol. The summed E-state index contributed by atoms with van der Waals surface area (Å²) in [5, 5.41) is 3.73. The van der Waals surface area contributed by atoms with Gasteiger partial charge in [-0.25, -0.2) is 8.78 Å². The van der Waals surface area contributed by atoms with Gasteiger partial charge in [-0.2, -0.15) is 0 Å². The molecule has 0 aliphatic heterocycles. The number of hydrogen-bond donors (Lipinski definition) is 1. The van der Waals surface area contributed by atoms with Gasteiger partial charge in [-0.05, 0) is 18.2 Å². The summed E-state index contributed by atoms with van der Waals surface area (Å²) in [6.45, 7) is 0. The third kappa shape index (κ3) is 2.25. The maximum atomic E-state index is 14.0. The van der Waals surface area contributed by atoms with Gasteiger partial charge in [-0.1, -0.05) is 41.0 Å². The van der Waals surface area contributed by atoms with Crippen LogP contribution in [0.3, 0.4) is 0 Å². The molecule has 0 atom stereocenters. The highest BCUT2D eigenvalue weighted by atomic mass is 35.5. The van der Waals surface area contributed by atoms with E-state index in [2.05, 4.69) is 5.16 Å². The number of benzene rings is 2. The van der Waals surface area contributed by atoms with Gasteiger partial charge in [-0.15, -0.1) is 0 Å². The van der Waals surface area contributed by atoms with E-state index in [1.54, 1.807) is 6.07 Å². The van der Waals surface area contributed by atoms with Gasteiger partial charge >= 0.3 is 0 Å². The first kappa shape index (κ1) is 13.6. The van der Waals surface area contributed by atoms with Crippen molar-refractivity contribution in [2.45, 2.75) is 0 Å². The van der Waals surface area contributed by atoms with Crippen molar-refractivity contribution in [3.63, 3.8) is 0 Å². The lowest BCUT2D eigenvalue weighted by molar-refractivity contribution is 0.433. The standard InChI is InChI=1S/C15H9ClF2N2O/c16-9-5-3-7-11(18)13(9)14-12(15(19)20-21-14)8-4-1-2-6-10(8)17/h1-7H,(H2,19,20). The highest BCUT2D eigenvalue weighted by Crippen LogP contribution is 2.41. The quantitative estimate of drug-likeness (QED) is 0.757. The molecule has 106 valence electrons. The van der Waals surface area contributed by atoms with Gasteiger partial charge in [0, 0.05) is 5.56 Å². The molecule has 0 unspecified atom stereocenters. The van der Waals surface area contributed by atoms with Crippen LogP contribution in [-0.2, 0) is 0 Å². The SMILES string of the molecule is Nc1noc(-c2c(F)cccc2Cl)c1-c1ccccc1F. The maximum absolute atomic E-state index is 14.0. The van der Waals surface area contributed by atoms with Crippen LogP contribution in [0.4, 0.5) is 14.6 Å².